The molecule has 0 saturated heterocycles. The number of aryl methyl sites for hydroxylation is 1. The van der Waals surface area contributed by atoms with Crippen LogP contribution in [0.25, 0.3) is 11.0 Å². The van der Waals surface area contributed by atoms with Crippen molar-refractivity contribution in [2.45, 2.75) is 65.0 Å². The Bertz CT molecular complexity index is 1380. The lowest BCUT2D eigenvalue weighted by molar-refractivity contribution is 0.0919. The van der Waals surface area contributed by atoms with Crippen LogP contribution in [0.3, 0.4) is 0 Å². The van der Waals surface area contributed by atoms with Crippen molar-refractivity contribution in [3.63, 3.8) is 0 Å². The summed E-state index contributed by atoms with van der Waals surface area (Å²) in [5.41, 5.74) is 0.536. The number of aromatic amines is 1. The lowest BCUT2D eigenvalue weighted by atomic mass is 10.1. The molecule has 4 rings (SSSR count). The fourth-order valence-corrected chi connectivity index (χ4v) is 3.81. The van der Waals surface area contributed by atoms with Gasteiger partial charge in [0, 0.05) is 34.9 Å². The van der Waals surface area contributed by atoms with E-state index in [1.807, 2.05) is 27.7 Å². The first kappa shape index (κ1) is 23.4. The van der Waals surface area contributed by atoms with Crippen LogP contribution in [0.1, 0.15) is 79.3 Å². The molecule has 2 aromatic heterocycles. The van der Waals surface area contributed by atoms with Gasteiger partial charge >= 0.3 is 5.69 Å². The van der Waals surface area contributed by atoms with Crippen LogP contribution in [-0.2, 0) is 6.54 Å². The second kappa shape index (κ2) is 8.89. The average molecular weight is 464 g/mol. The molecule has 0 unspecified atom stereocenters. The third-order valence-electron chi connectivity index (χ3n) is 5.55. The van der Waals surface area contributed by atoms with Crippen LogP contribution in [0, 0.1) is 0 Å². The molecule has 1 aromatic carbocycles. The number of hydrogen-bond acceptors (Lipinski definition) is 5. The molecule has 0 radical (unpaired) electrons. The number of fused-ring (bicyclic) bond motifs is 1. The first-order valence-corrected chi connectivity index (χ1v) is 11.5. The third-order valence-corrected chi connectivity index (χ3v) is 5.55. The quantitative estimate of drug-likeness (QED) is 0.518. The van der Waals surface area contributed by atoms with Gasteiger partial charge in [0.2, 0.25) is 0 Å². The van der Waals surface area contributed by atoms with Crippen molar-refractivity contribution in [3.05, 3.63) is 68.0 Å². The number of benzene rings is 1. The fourth-order valence-electron chi connectivity index (χ4n) is 3.81. The molecule has 1 saturated carbocycles. The van der Waals surface area contributed by atoms with Gasteiger partial charge in [-0.05, 0) is 70.4 Å². The largest absolute Gasteiger partial charge is 0.347 e. The van der Waals surface area contributed by atoms with E-state index in [0.717, 1.165) is 12.8 Å². The molecule has 3 N–H and O–H groups in total. The topological polar surface area (TPSA) is 126 Å². The van der Waals surface area contributed by atoms with Gasteiger partial charge in [-0.15, -0.1) is 0 Å². The zero-order valence-corrected chi connectivity index (χ0v) is 19.8. The van der Waals surface area contributed by atoms with E-state index in [9.17, 15) is 19.2 Å². The highest BCUT2D eigenvalue weighted by atomic mass is 16.2. The molecule has 0 aliphatic heterocycles. The van der Waals surface area contributed by atoms with Crippen molar-refractivity contribution >= 4 is 28.5 Å². The zero-order chi connectivity index (χ0) is 24.6. The van der Waals surface area contributed by atoms with Crippen molar-refractivity contribution in [1.29, 1.82) is 0 Å². The van der Waals surface area contributed by atoms with Crippen molar-refractivity contribution < 1.29 is 9.59 Å². The Morgan fingerprint density at radius 3 is 2.38 bits per heavy atom. The monoisotopic (exact) mass is 463 g/mol. The average Bonchev–Trinajstić information content (AvgIpc) is 3.60. The predicted octanol–water partition coefficient (Wildman–Crippen LogP) is 3.15. The minimum absolute atomic E-state index is 0.0936. The van der Waals surface area contributed by atoms with E-state index in [1.54, 1.807) is 30.3 Å². The highest BCUT2D eigenvalue weighted by molar-refractivity contribution is 6.12. The molecular formula is C25H29N5O4. The predicted molar refractivity (Wildman–Crippen MR) is 131 cm³/mol. The Labute approximate surface area is 196 Å². The highest BCUT2D eigenvalue weighted by Gasteiger charge is 2.28. The molecule has 9 heteroatoms. The van der Waals surface area contributed by atoms with Gasteiger partial charge < -0.3 is 10.6 Å². The van der Waals surface area contributed by atoms with E-state index in [4.69, 9.17) is 0 Å². The Morgan fingerprint density at radius 2 is 1.79 bits per heavy atom. The molecule has 0 spiro atoms. The highest BCUT2D eigenvalue weighted by Crippen LogP contribution is 2.40. The Morgan fingerprint density at radius 1 is 1.12 bits per heavy atom. The summed E-state index contributed by atoms with van der Waals surface area (Å²) < 4.78 is 1.42. The molecular weight excluding hydrogens is 434 g/mol. The van der Waals surface area contributed by atoms with Gasteiger partial charge in [-0.2, -0.15) is 0 Å². The fraction of sp³-hybridized carbons (Fsp3) is 0.400. The van der Waals surface area contributed by atoms with E-state index in [0.29, 0.717) is 29.9 Å². The Balaban J connectivity index is 1.70. The molecule has 3 aromatic rings. The lowest BCUT2D eigenvalue weighted by Crippen LogP contribution is -2.40. The number of nitrogens with one attached hydrogen (secondary N) is 3. The molecule has 0 atom stereocenters. The number of aromatic nitrogens is 3. The summed E-state index contributed by atoms with van der Waals surface area (Å²) in [6, 6.07) is 8.18. The number of anilines is 1. The van der Waals surface area contributed by atoms with Crippen LogP contribution in [0.15, 0.2) is 39.9 Å². The second-order valence-corrected chi connectivity index (χ2v) is 9.71. The minimum Gasteiger partial charge on any atom is -0.347 e. The number of hydrogen-bond donors (Lipinski definition) is 3. The summed E-state index contributed by atoms with van der Waals surface area (Å²) in [6.45, 7) is 8.00. The molecule has 1 aliphatic carbocycles. The van der Waals surface area contributed by atoms with Crippen LogP contribution >= 0.6 is 0 Å². The molecule has 178 valence electrons. The summed E-state index contributed by atoms with van der Waals surface area (Å²) in [4.78, 5) is 57.7. The summed E-state index contributed by atoms with van der Waals surface area (Å²) in [5, 5.41) is 5.79. The first-order valence-electron chi connectivity index (χ1n) is 11.5. The minimum atomic E-state index is -0.637. The van der Waals surface area contributed by atoms with Gasteiger partial charge in [-0.25, -0.2) is 9.78 Å². The second-order valence-electron chi connectivity index (χ2n) is 9.71. The van der Waals surface area contributed by atoms with Gasteiger partial charge in [0.15, 0.2) is 5.65 Å². The van der Waals surface area contributed by atoms with Crippen molar-refractivity contribution in [2.75, 3.05) is 5.32 Å². The normalized spacial score (nSPS) is 13.6. The smallest absolute Gasteiger partial charge is 0.329 e. The first-order chi connectivity index (χ1) is 16.1. The lowest BCUT2D eigenvalue weighted by Gasteiger charge is -2.20. The van der Waals surface area contributed by atoms with E-state index in [-0.39, 0.29) is 34.0 Å². The van der Waals surface area contributed by atoms with Gasteiger partial charge in [0.1, 0.15) is 0 Å². The van der Waals surface area contributed by atoms with Crippen LogP contribution in [0.2, 0.25) is 0 Å². The number of rotatable bonds is 6. The number of H-pyrrole nitrogens is 1. The Hall–Kier alpha value is -3.75. The van der Waals surface area contributed by atoms with Crippen LogP contribution in [0.5, 0.6) is 0 Å². The number of amides is 2. The van der Waals surface area contributed by atoms with Gasteiger partial charge in [-0.3, -0.25) is 23.9 Å². The summed E-state index contributed by atoms with van der Waals surface area (Å²) >= 11 is 0. The summed E-state index contributed by atoms with van der Waals surface area (Å²) in [7, 11) is 0. The number of nitrogens with zero attached hydrogens (tertiary/aromatic N) is 2. The zero-order valence-electron chi connectivity index (χ0n) is 19.8. The third kappa shape index (κ3) is 4.93. The molecule has 1 aliphatic rings. The SMILES string of the molecule is CCCn1c(=O)[nH]c(=O)c2c(C(=O)Nc3ccc(C(=O)NC(C)(C)C)cc3)cc(C3CC3)nc21. The van der Waals surface area contributed by atoms with Crippen LogP contribution in [-0.4, -0.2) is 31.9 Å². The van der Waals surface area contributed by atoms with Crippen LogP contribution in [0.4, 0.5) is 5.69 Å². The van der Waals surface area contributed by atoms with Crippen molar-refractivity contribution in [3.8, 4) is 0 Å². The van der Waals surface area contributed by atoms with E-state index < -0.39 is 17.2 Å². The molecule has 2 amide bonds. The number of carbonyl (C=O) groups excluding carboxylic acids is 2. The molecule has 9 nitrogen and oxygen atoms in total. The van der Waals surface area contributed by atoms with Crippen molar-refractivity contribution in [1.82, 2.24) is 19.9 Å². The van der Waals surface area contributed by atoms with Crippen molar-refractivity contribution in [2.24, 2.45) is 0 Å². The number of pyridine rings is 1. The van der Waals surface area contributed by atoms with Crippen LogP contribution < -0.4 is 21.9 Å². The van der Waals surface area contributed by atoms with Gasteiger partial charge in [0.05, 0.1) is 10.9 Å². The standard InChI is InChI=1S/C25H29N5O4/c1-5-12-30-20-19(23(33)28-24(30)34)17(13-18(27-20)14-6-7-14)22(32)26-16-10-8-15(9-11-16)21(31)29-25(2,3)4/h8-11,13-14H,5-7,12H2,1-4H3,(H,26,32)(H,29,31)(H,28,33,34). The van der Waals surface area contributed by atoms with E-state index >= 15 is 0 Å². The van der Waals surface area contributed by atoms with E-state index in [2.05, 4.69) is 20.6 Å². The summed E-state index contributed by atoms with van der Waals surface area (Å²) in [5.74, 6) is -0.463. The molecule has 1 fully saturated rings. The maximum absolute atomic E-state index is 13.3. The summed E-state index contributed by atoms with van der Waals surface area (Å²) in [6.07, 6.45) is 2.59. The molecule has 34 heavy (non-hydrogen) atoms. The molecule has 2 heterocycles. The molecule has 0 bridgehead atoms. The maximum atomic E-state index is 13.3. The van der Waals surface area contributed by atoms with E-state index in [1.165, 1.54) is 4.57 Å². The van der Waals surface area contributed by atoms with Gasteiger partial charge in [0.25, 0.3) is 17.4 Å². The van der Waals surface area contributed by atoms with Gasteiger partial charge in [-0.1, -0.05) is 6.92 Å². The Kier molecular flexibility index (Phi) is 6.12. The maximum Gasteiger partial charge on any atom is 0.329 e. The number of carbonyl (C=O) groups is 2.